The lowest BCUT2D eigenvalue weighted by Gasteiger charge is -2.32. The molecular weight excluding hydrogens is 267 g/mol. The van der Waals surface area contributed by atoms with Crippen LogP contribution >= 0.6 is 23.2 Å². The van der Waals surface area contributed by atoms with Gasteiger partial charge in [0.25, 0.3) is 0 Å². The minimum absolute atomic E-state index is 0.466. The summed E-state index contributed by atoms with van der Waals surface area (Å²) >= 11 is 12.3. The summed E-state index contributed by atoms with van der Waals surface area (Å²) in [5, 5.41) is 0.771. The van der Waals surface area contributed by atoms with Crippen molar-refractivity contribution in [3.05, 3.63) is 28.8 Å². The number of hydrogen-bond acceptors (Lipinski definition) is 2. The van der Waals surface area contributed by atoms with Crippen LogP contribution in [0, 0.1) is 0 Å². The van der Waals surface area contributed by atoms with E-state index in [9.17, 15) is 0 Å². The second-order valence-electron chi connectivity index (χ2n) is 5.03. The summed E-state index contributed by atoms with van der Waals surface area (Å²) in [5.74, 6) is 0.466. The zero-order valence-electron chi connectivity index (χ0n) is 11.0. The van der Waals surface area contributed by atoms with Crippen molar-refractivity contribution in [3.8, 4) is 0 Å². The van der Waals surface area contributed by atoms with Crippen LogP contribution in [0.15, 0.2) is 18.2 Å². The van der Waals surface area contributed by atoms with Gasteiger partial charge >= 0.3 is 0 Å². The molecule has 0 aromatic heterocycles. The maximum absolute atomic E-state index is 6.24. The average Bonchev–Trinajstić information content (AvgIpc) is 2.49. The van der Waals surface area contributed by atoms with Gasteiger partial charge in [-0.25, -0.2) is 0 Å². The van der Waals surface area contributed by atoms with Gasteiger partial charge in [0.1, 0.15) is 0 Å². The van der Waals surface area contributed by atoms with Gasteiger partial charge in [-0.1, -0.05) is 17.7 Å². The Morgan fingerprint density at radius 1 is 1.33 bits per heavy atom. The number of hydrogen-bond donors (Lipinski definition) is 0. The molecule has 18 heavy (non-hydrogen) atoms. The standard InChI is InChI=1S/C14H20Cl2N2/c1-11-10-17(2)7-4-8-18(11)14-6-3-5-13(16)12(14)9-15/h3,5-6,11H,4,7-10H2,1-2H3. The van der Waals surface area contributed by atoms with Crippen LogP contribution < -0.4 is 4.90 Å². The Kier molecular flexibility index (Phi) is 4.77. The van der Waals surface area contributed by atoms with Crippen molar-refractivity contribution in [3.63, 3.8) is 0 Å². The molecule has 1 aromatic rings. The molecule has 1 atom stereocenters. The lowest BCUT2D eigenvalue weighted by Crippen LogP contribution is -2.38. The third kappa shape index (κ3) is 2.93. The number of rotatable bonds is 2. The molecule has 0 aliphatic carbocycles. The summed E-state index contributed by atoms with van der Waals surface area (Å²) in [6, 6.07) is 6.54. The van der Waals surface area contributed by atoms with E-state index in [1.54, 1.807) is 0 Å². The molecular formula is C14H20Cl2N2. The number of nitrogens with zero attached hydrogens (tertiary/aromatic N) is 2. The van der Waals surface area contributed by atoms with E-state index in [1.807, 2.05) is 12.1 Å². The van der Waals surface area contributed by atoms with Crippen LogP contribution in [-0.4, -0.2) is 37.6 Å². The van der Waals surface area contributed by atoms with Gasteiger partial charge in [-0.05, 0) is 39.1 Å². The first-order chi connectivity index (χ1) is 8.63. The summed E-state index contributed by atoms with van der Waals surface area (Å²) in [4.78, 5) is 4.82. The predicted octanol–water partition coefficient (Wildman–Crippen LogP) is 3.61. The van der Waals surface area contributed by atoms with Crippen LogP contribution in [0.4, 0.5) is 5.69 Å². The summed E-state index contributed by atoms with van der Waals surface area (Å²) in [6.45, 7) is 5.56. The molecule has 1 aromatic carbocycles. The molecule has 0 saturated carbocycles. The number of likely N-dealkylation sites (N-methyl/N-ethyl adjacent to an activating group) is 1. The van der Waals surface area contributed by atoms with E-state index in [-0.39, 0.29) is 0 Å². The molecule has 1 aliphatic rings. The van der Waals surface area contributed by atoms with Crippen molar-refractivity contribution in [1.29, 1.82) is 0 Å². The molecule has 2 rings (SSSR count). The maximum Gasteiger partial charge on any atom is 0.0509 e. The molecule has 1 fully saturated rings. The highest BCUT2D eigenvalue weighted by Gasteiger charge is 2.22. The van der Waals surface area contributed by atoms with E-state index in [0.29, 0.717) is 11.9 Å². The van der Waals surface area contributed by atoms with E-state index in [0.717, 1.165) is 30.2 Å². The minimum atomic E-state index is 0.466. The predicted molar refractivity (Wildman–Crippen MR) is 79.9 cm³/mol. The van der Waals surface area contributed by atoms with Crippen LogP contribution in [0.2, 0.25) is 5.02 Å². The number of benzene rings is 1. The normalized spacial score (nSPS) is 22.0. The molecule has 4 heteroatoms. The van der Waals surface area contributed by atoms with Gasteiger partial charge in [-0.2, -0.15) is 0 Å². The fourth-order valence-corrected chi connectivity index (χ4v) is 3.26. The van der Waals surface area contributed by atoms with Crippen LogP contribution in [0.25, 0.3) is 0 Å². The lowest BCUT2D eigenvalue weighted by atomic mass is 10.1. The summed E-state index contributed by atoms with van der Waals surface area (Å²) in [7, 11) is 2.18. The van der Waals surface area contributed by atoms with E-state index in [4.69, 9.17) is 23.2 Å². The number of anilines is 1. The Labute approximate surface area is 119 Å². The Balaban J connectivity index is 2.32. The fraction of sp³-hybridized carbons (Fsp3) is 0.571. The zero-order valence-corrected chi connectivity index (χ0v) is 12.5. The molecule has 0 amide bonds. The third-order valence-corrected chi connectivity index (χ3v) is 4.21. The van der Waals surface area contributed by atoms with Crippen molar-refractivity contribution in [2.45, 2.75) is 25.3 Å². The second-order valence-corrected chi connectivity index (χ2v) is 5.70. The van der Waals surface area contributed by atoms with E-state index in [2.05, 4.69) is 29.8 Å². The van der Waals surface area contributed by atoms with Gasteiger partial charge in [0.2, 0.25) is 0 Å². The Hall–Kier alpha value is -0.440. The highest BCUT2D eigenvalue weighted by molar-refractivity contribution is 6.32. The monoisotopic (exact) mass is 286 g/mol. The molecule has 1 aliphatic heterocycles. The van der Waals surface area contributed by atoms with Crippen LogP contribution in [0.5, 0.6) is 0 Å². The topological polar surface area (TPSA) is 6.48 Å². The molecule has 0 N–H and O–H groups in total. The van der Waals surface area contributed by atoms with Crippen molar-refractivity contribution in [1.82, 2.24) is 4.90 Å². The summed E-state index contributed by atoms with van der Waals surface area (Å²) in [6.07, 6.45) is 1.18. The Bertz CT molecular complexity index is 409. The van der Waals surface area contributed by atoms with Gasteiger partial charge in [-0.15, -0.1) is 11.6 Å². The molecule has 1 unspecified atom stereocenters. The molecule has 2 nitrogen and oxygen atoms in total. The molecule has 1 heterocycles. The molecule has 0 bridgehead atoms. The average molecular weight is 287 g/mol. The van der Waals surface area contributed by atoms with Crippen LogP contribution in [0.3, 0.4) is 0 Å². The van der Waals surface area contributed by atoms with Crippen molar-refractivity contribution in [2.24, 2.45) is 0 Å². The van der Waals surface area contributed by atoms with E-state index < -0.39 is 0 Å². The van der Waals surface area contributed by atoms with Gasteiger partial charge in [0.15, 0.2) is 0 Å². The summed E-state index contributed by atoms with van der Waals surface area (Å²) in [5.41, 5.74) is 2.25. The Morgan fingerprint density at radius 3 is 2.83 bits per heavy atom. The number of alkyl halides is 1. The highest BCUT2D eigenvalue weighted by Crippen LogP contribution is 2.31. The number of halogens is 2. The van der Waals surface area contributed by atoms with Crippen LogP contribution in [0.1, 0.15) is 18.9 Å². The Morgan fingerprint density at radius 2 is 2.11 bits per heavy atom. The minimum Gasteiger partial charge on any atom is -0.367 e. The highest BCUT2D eigenvalue weighted by atomic mass is 35.5. The second kappa shape index (κ2) is 6.14. The summed E-state index contributed by atoms with van der Waals surface area (Å²) < 4.78 is 0. The molecule has 0 radical (unpaired) electrons. The van der Waals surface area contributed by atoms with Crippen molar-refractivity contribution in [2.75, 3.05) is 31.6 Å². The molecule has 0 spiro atoms. The fourth-order valence-electron chi connectivity index (χ4n) is 2.68. The SMILES string of the molecule is CC1CN(C)CCCN1c1cccc(Cl)c1CCl. The van der Waals surface area contributed by atoms with E-state index in [1.165, 1.54) is 12.1 Å². The smallest absolute Gasteiger partial charge is 0.0509 e. The zero-order chi connectivity index (χ0) is 13.1. The molecule has 100 valence electrons. The maximum atomic E-state index is 6.24. The van der Waals surface area contributed by atoms with Gasteiger partial charge in [0.05, 0.1) is 5.88 Å². The van der Waals surface area contributed by atoms with Gasteiger partial charge in [-0.3, -0.25) is 0 Å². The van der Waals surface area contributed by atoms with E-state index >= 15 is 0 Å². The van der Waals surface area contributed by atoms with Gasteiger partial charge < -0.3 is 9.80 Å². The van der Waals surface area contributed by atoms with Gasteiger partial charge in [0, 0.05) is 35.4 Å². The largest absolute Gasteiger partial charge is 0.367 e. The first kappa shape index (κ1) is 14.0. The third-order valence-electron chi connectivity index (χ3n) is 3.58. The first-order valence-corrected chi connectivity index (χ1v) is 7.33. The van der Waals surface area contributed by atoms with Crippen molar-refractivity contribution >= 4 is 28.9 Å². The lowest BCUT2D eigenvalue weighted by molar-refractivity contribution is 0.337. The van der Waals surface area contributed by atoms with Crippen LogP contribution in [-0.2, 0) is 5.88 Å². The van der Waals surface area contributed by atoms with Crippen molar-refractivity contribution < 1.29 is 0 Å². The first-order valence-electron chi connectivity index (χ1n) is 6.42. The quantitative estimate of drug-likeness (QED) is 0.767. The molecule has 1 saturated heterocycles.